The number of carbonyl (C=O) groups is 1. The van der Waals surface area contributed by atoms with Crippen LogP contribution in [0.25, 0.3) is 0 Å². The fraction of sp³-hybridized carbons (Fsp3) is 0.917. The van der Waals surface area contributed by atoms with Crippen LogP contribution in [-0.2, 0) is 4.79 Å². The van der Waals surface area contributed by atoms with E-state index >= 15 is 0 Å². The first-order chi connectivity index (χ1) is 7.20. The molecule has 0 saturated carbocycles. The Bertz CT molecular complexity index is 206. The van der Waals surface area contributed by atoms with E-state index in [0.717, 1.165) is 38.8 Å². The van der Waals surface area contributed by atoms with Crippen molar-refractivity contribution in [3.63, 3.8) is 0 Å². The molecule has 1 N–H and O–H groups in total. The highest BCUT2D eigenvalue weighted by Gasteiger charge is 2.32. The molecule has 2 atom stereocenters. The lowest BCUT2D eigenvalue weighted by Gasteiger charge is -2.23. The van der Waals surface area contributed by atoms with Crippen molar-refractivity contribution in [1.82, 2.24) is 10.2 Å². The molecule has 15 heavy (non-hydrogen) atoms. The Hall–Kier alpha value is -0.570. The number of nitrogens with zero attached hydrogens (tertiary/aromatic N) is 1. The number of nitrogens with one attached hydrogen (secondary N) is 1. The minimum Gasteiger partial charge on any atom is -0.326 e. The van der Waals surface area contributed by atoms with E-state index in [0.29, 0.717) is 11.9 Å². The molecule has 1 fully saturated rings. The van der Waals surface area contributed by atoms with Gasteiger partial charge < -0.3 is 4.90 Å². The summed E-state index contributed by atoms with van der Waals surface area (Å²) in [5, 5.41) is 3.31. The molecule has 1 heterocycles. The standard InChI is InChI=1S/C12H24N2O/c1-4-6-8-11-12(15)14(9-13-11)10(3)7-5-2/h10-11,13H,4-9H2,1-3H3. The minimum absolute atomic E-state index is 0.0873. The molecule has 0 aromatic heterocycles. The van der Waals surface area contributed by atoms with Gasteiger partial charge in [-0.3, -0.25) is 10.1 Å². The Morgan fingerprint density at radius 3 is 2.80 bits per heavy atom. The maximum absolute atomic E-state index is 12.0. The Kier molecular flexibility index (Phi) is 5.09. The van der Waals surface area contributed by atoms with Gasteiger partial charge in [0.2, 0.25) is 5.91 Å². The summed E-state index contributed by atoms with van der Waals surface area (Å²) in [6.07, 6.45) is 5.54. The third-order valence-electron chi connectivity index (χ3n) is 3.17. The second-order valence-corrected chi connectivity index (χ2v) is 4.50. The Morgan fingerprint density at radius 2 is 2.20 bits per heavy atom. The molecule has 1 aliphatic heterocycles. The van der Waals surface area contributed by atoms with E-state index in [9.17, 15) is 4.79 Å². The summed E-state index contributed by atoms with van der Waals surface area (Å²) in [4.78, 5) is 14.0. The fourth-order valence-electron chi connectivity index (χ4n) is 2.15. The van der Waals surface area contributed by atoms with Crippen LogP contribution in [0.5, 0.6) is 0 Å². The molecule has 88 valence electrons. The van der Waals surface area contributed by atoms with Crippen molar-refractivity contribution in [3.8, 4) is 0 Å². The lowest BCUT2D eigenvalue weighted by atomic mass is 10.1. The molecule has 1 aliphatic rings. The molecule has 0 aliphatic carbocycles. The molecule has 0 aromatic rings. The molecular formula is C12H24N2O. The Balaban J connectivity index is 2.41. The van der Waals surface area contributed by atoms with Crippen molar-refractivity contribution in [2.75, 3.05) is 6.67 Å². The quantitative estimate of drug-likeness (QED) is 0.731. The van der Waals surface area contributed by atoms with Crippen molar-refractivity contribution >= 4 is 5.91 Å². The molecule has 3 heteroatoms. The average Bonchev–Trinajstić information content (AvgIpc) is 2.57. The summed E-state index contributed by atoms with van der Waals surface area (Å²) in [5.41, 5.74) is 0. The molecular weight excluding hydrogens is 188 g/mol. The van der Waals surface area contributed by atoms with Gasteiger partial charge >= 0.3 is 0 Å². The Labute approximate surface area is 93.2 Å². The minimum atomic E-state index is 0.0873. The van der Waals surface area contributed by atoms with E-state index in [4.69, 9.17) is 0 Å². The molecule has 0 spiro atoms. The summed E-state index contributed by atoms with van der Waals surface area (Å²) in [6, 6.07) is 0.478. The van der Waals surface area contributed by atoms with E-state index in [-0.39, 0.29) is 6.04 Å². The van der Waals surface area contributed by atoms with Gasteiger partial charge in [-0.1, -0.05) is 33.1 Å². The van der Waals surface area contributed by atoms with Crippen LogP contribution in [0.15, 0.2) is 0 Å². The monoisotopic (exact) mass is 212 g/mol. The predicted octanol–water partition coefficient (Wildman–Crippen LogP) is 2.12. The molecule has 3 nitrogen and oxygen atoms in total. The lowest BCUT2D eigenvalue weighted by Crippen LogP contribution is -2.36. The highest BCUT2D eigenvalue weighted by Crippen LogP contribution is 2.15. The topological polar surface area (TPSA) is 32.3 Å². The first-order valence-electron chi connectivity index (χ1n) is 6.24. The van der Waals surface area contributed by atoms with Crippen LogP contribution < -0.4 is 5.32 Å². The summed E-state index contributed by atoms with van der Waals surface area (Å²) >= 11 is 0. The smallest absolute Gasteiger partial charge is 0.241 e. The zero-order valence-electron chi connectivity index (χ0n) is 10.3. The van der Waals surface area contributed by atoms with Crippen molar-refractivity contribution in [2.45, 2.75) is 65.0 Å². The van der Waals surface area contributed by atoms with Crippen LogP contribution in [0.1, 0.15) is 52.9 Å². The summed E-state index contributed by atoms with van der Waals surface area (Å²) in [7, 11) is 0. The number of hydrogen-bond donors (Lipinski definition) is 1. The number of amides is 1. The van der Waals surface area contributed by atoms with Crippen LogP contribution in [-0.4, -0.2) is 29.6 Å². The third kappa shape index (κ3) is 3.20. The van der Waals surface area contributed by atoms with Crippen LogP contribution in [0.2, 0.25) is 0 Å². The fourth-order valence-corrected chi connectivity index (χ4v) is 2.15. The highest BCUT2D eigenvalue weighted by molar-refractivity contribution is 5.83. The second kappa shape index (κ2) is 6.11. The van der Waals surface area contributed by atoms with Crippen LogP contribution in [0.4, 0.5) is 0 Å². The average molecular weight is 212 g/mol. The normalized spacial score (nSPS) is 23.5. The largest absolute Gasteiger partial charge is 0.326 e. The SMILES string of the molecule is CCCCC1NCN(C(C)CCC)C1=O. The van der Waals surface area contributed by atoms with Crippen LogP contribution in [0.3, 0.4) is 0 Å². The molecule has 2 unspecified atom stereocenters. The van der Waals surface area contributed by atoms with Gasteiger partial charge in [0.15, 0.2) is 0 Å². The van der Waals surface area contributed by atoms with Gasteiger partial charge in [0, 0.05) is 6.04 Å². The van der Waals surface area contributed by atoms with Gasteiger partial charge in [-0.15, -0.1) is 0 Å². The number of unbranched alkanes of at least 4 members (excludes halogenated alkanes) is 1. The first kappa shape index (κ1) is 12.5. The summed E-state index contributed by atoms with van der Waals surface area (Å²) in [5.74, 6) is 0.310. The van der Waals surface area contributed by atoms with E-state index in [2.05, 4.69) is 26.1 Å². The van der Waals surface area contributed by atoms with E-state index in [1.165, 1.54) is 0 Å². The lowest BCUT2D eigenvalue weighted by molar-refractivity contribution is -0.130. The van der Waals surface area contributed by atoms with Crippen molar-refractivity contribution in [2.24, 2.45) is 0 Å². The van der Waals surface area contributed by atoms with Crippen molar-refractivity contribution < 1.29 is 4.79 Å². The van der Waals surface area contributed by atoms with Gasteiger partial charge in [-0.05, 0) is 19.8 Å². The summed E-state index contributed by atoms with van der Waals surface area (Å²) < 4.78 is 0. The second-order valence-electron chi connectivity index (χ2n) is 4.50. The molecule has 0 radical (unpaired) electrons. The Morgan fingerprint density at radius 1 is 1.47 bits per heavy atom. The van der Waals surface area contributed by atoms with E-state index in [1.54, 1.807) is 0 Å². The maximum atomic E-state index is 12.0. The van der Waals surface area contributed by atoms with E-state index in [1.807, 2.05) is 4.90 Å². The molecule has 0 bridgehead atoms. The van der Waals surface area contributed by atoms with Crippen LogP contribution >= 0.6 is 0 Å². The van der Waals surface area contributed by atoms with Gasteiger partial charge in [0.05, 0.1) is 12.7 Å². The molecule has 1 amide bonds. The highest BCUT2D eigenvalue weighted by atomic mass is 16.2. The van der Waals surface area contributed by atoms with Gasteiger partial charge in [-0.25, -0.2) is 0 Å². The van der Waals surface area contributed by atoms with Crippen LogP contribution in [0, 0.1) is 0 Å². The zero-order chi connectivity index (χ0) is 11.3. The number of hydrogen-bond acceptors (Lipinski definition) is 2. The predicted molar refractivity (Wildman–Crippen MR) is 62.5 cm³/mol. The maximum Gasteiger partial charge on any atom is 0.241 e. The third-order valence-corrected chi connectivity index (χ3v) is 3.17. The van der Waals surface area contributed by atoms with Crippen molar-refractivity contribution in [3.05, 3.63) is 0 Å². The molecule has 0 aromatic carbocycles. The summed E-state index contributed by atoms with van der Waals surface area (Å²) in [6.45, 7) is 7.22. The van der Waals surface area contributed by atoms with Gasteiger partial charge in [0.25, 0.3) is 0 Å². The van der Waals surface area contributed by atoms with Gasteiger partial charge in [-0.2, -0.15) is 0 Å². The molecule has 1 rings (SSSR count). The first-order valence-corrected chi connectivity index (χ1v) is 6.24. The zero-order valence-corrected chi connectivity index (χ0v) is 10.3. The van der Waals surface area contributed by atoms with E-state index < -0.39 is 0 Å². The van der Waals surface area contributed by atoms with Gasteiger partial charge in [0.1, 0.15) is 0 Å². The van der Waals surface area contributed by atoms with Crippen molar-refractivity contribution in [1.29, 1.82) is 0 Å². The number of rotatable bonds is 6. The molecule has 1 saturated heterocycles. The number of carbonyl (C=O) groups excluding carboxylic acids is 1.